The molecule has 143 valence electrons. The molecular weight excluding hydrogens is 328 g/mol. The van der Waals surface area contributed by atoms with E-state index in [1.165, 1.54) is 19.3 Å². The standard InChI is InChI=1S/C22H31O4/c1-19(2)17-4-5-20(19,3)22(12-17,25-13-23)18(24)26-21-9-14-6-15(10-21)8-16(7-14)11-21/h14-17H,4-12H2,1-3H3. The highest BCUT2D eigenvalue weighted by molar-refractivity contribution is 5.84. The summed E-state index contributed by atoms with van der Waals surface area (Å²) in [6, 6.07) is 0. The molecule has 4 nitrogen and oxygen atoms in total. The van der Waals surface area contributed by atoms with Crippen LogP contribution in [0, 0.1) is 34.5 Å². The second-order valence-corrected chi connectivity index (χ2v) is 11.0. The van der Waals surface area contributed by atoms with Gasteiger partial charge in [-0.2, -0.15) is 0 Å². The zero-order valence-corrected chi connectivity index (χ0v) is 16.3. The van der Waals surface area contributed by atoms with Crippen molar-refractivity contribution in [3.8, 4) is 0 Å². The Labute approximate surface area is 156 Å². The summed E-state index contributed by atoms with van der Waals surface area (Å²) in [5.41, 5.74) is -1.86. The van der Waals surface area contributed by atoms with Gasteiger partial charge in [-0.05, 0) is 80.5 Å². The summed E-state index contributed by atoms with van der Waals surface area (Å²) in [7, 11) is 0. The average Bonchev–Trinajstić information content (AvgIpc) is 2.85. The lowest BCUT2D eigenvalue weighted by Gasteiger charge is -2.56. The van der Waals surface area contributed by atoms with E-state index in [1.54, 1.807) is 6.47 Å². The summed E-state index contributed by atoms with van der Waals surface area (Å²) in [5, 5.41) is 0. The lowest BCUT2D eigenvalue weighted by molar-refractivity contribution is -0.215. The smallest absolute Gasteiger partial charge is 0.418 e. The molecule has 0 spiro atoms. The maximum absolute atomic E-state index is 13.6. The van der Waals surface area contributed by atoms with Gasteiger partial charge in [0.2, 0.25) is 5.60 Å². The first kappa shape index (κ1) is 17.1. The molecule has 0 saturated heterocycles. The van der Waals surface area contributed by atoms with E-state index in [-0.39, 0.29) is 22.4 Å². The van der Waals surface area contributed by atoms with E-state index in [2.05, 4.69) is 20.8 Å². The van der Waals surface area contributed by atoms with Gasteiger partial charge in [0.25, 0.3) is 0 Å². The van der Waals surface area contributed by atoms with Crippen molar-refractivity contribution in [2.24, 2.45) is 34.5 Å². The van der Waals surface area contributed by atoms with Gasteiger partial charge >= 0.3 is 12.4 Å². The van der Waals surface area contributed by atoms with E-state index in [9.17, 15) is 9.59 Å². The Kier molecular flexibility index (Phi) is 3.32. The predicted octanol–water partition coefficient (Wildman–Crippen LogP) is 4.17. The Bertz CT molecular complexity index is 617. The molecule has 26 heavy (non-hydrogen) atoms. The molecule has 0 aromatic heterocycles. The van der Waals surface area contributed by atoms with E-state index in [0.717, 1.165) is 49.9 Å². The quantitative estimate of drug-likeness (QED) is 0.707. The van der Waals surface area contributed by atoms with Gasteiger partial charge in [0.05, 0.1) is 0 Å². The van der Waals surface area contributed by atoms with Gasteiger partial charge in [0.1, 0.15) is 5.60 Å². The summed E-state index contributed by atoms with van der Waals surface area (Å²) in [4.78, 5) is 24.9. The summed E-state index contributed by atoms with van der Waals surface area (Å²) in [6.07, 6.45) is 9.56. The van der Waals surface area contributed by atoms with Crippen LogP contribution in [-0.4, -0.2) is 23.6 Å². The van der Waals surface area contributed by atoms with Gasteiger partial charge in [0, 0.05) is 11.8 Å². The van der Waals surface area contributed by atoms with Crippen molar-refractivity contribution in [3.63, 3.8) is 0 Å². The van der Waals surface area contributed by atoms with Crippen molar-refractivity contribution in [1.29, 1.82) is 0 Å². The van der Waals surface area contributed by atoms with Crippen molar-refractivity contribution in [1.82, 2.24) is 0 Å². The van der Waals surface area contributed by atoms with Crippen LogP contribution >= 0.6 is 0 Å². The van der Waals surface area contributed by atoms with Crippen LogP contribution in [0.4, 0.5) is 0 Å². The molecule has 3 unspecified atom stereocenters. The molecule has 0 aromatic carbocycles. The zero-order chi connectivity index (χ0) is 18.4. The van der Waals surface area contributed by atoms with Crippen LogP contribution < -0.4 is 0 Å². The van der Waals surface area contributed by atoms with Crippen molar-refractivity contribution in [2.75, 3.05) is 0 Å². The highest BCUT2D eigenvalue weighted by Crippen LogP contribution is 2.71. The Morgan fingerprint density at radius 3 is 1.96 bits per heavy atom. The number of carbonyl (C=O) groups is 1. The number of hydrogen-bond donors (Lipinski definition) is 0. The molecule has 6 bridgehead atoms. The van der Waals surface area contributed by atoms with Gasteiger partial charge in [-0.25, -0.2) is 9.59 Å². The molecule has 0 aromatic rings. The first-order valence-corrected chi connectivity index (χ1v) is 10.5. The first-order valence-electron chi connectivity index (χ1n) is 10.5. The number of esters is 1. The minimum absolute atomic E-state index is 0.0374. The van der Waals surface area contributed by atoms with Crippen LogP contribution in [0.2, 0.25) is 0 Å². The van der Waals surface area contributed by atoms with E-state index in [0.29, 0.717) is 12.3 Å². The molecule has 0 aliphatic heterocycles. The third-order valence-corrected chi connectivity index (χ3v) is 9.70. The van der Waals surface area contributed by atoms with Gasteiger partial charge in [-0.3, -0.25) is 0 Å². The van der Waals surface area contributed by atoms with E-state index in [1.807, 2.05) is 0 Å². The minimum atomic E-state index is -1.15. The maximum atomic E-state index is 13.6. The number of fused-ring (bicyclic) bond motifs is 2. The van der Waals surface area contributed by atoms with Gasteiger partial charge in [-0.15, -0.1) is 0 Å². The van der Waals surface area contributed by atoms with E-state index < -0.39 is 5.60 Å². The maximum Gasteiger partial charge on any atom is 0.418 e. The van der Waals surface area contributed by atoms with Crippen molar-refractivity contribution in [2.45, 2.75) is 89.8 Å². The number of hydrogen-bond acceptors (Lipinski definition) is 4. The number of ether oxygens (including phenoxy) is 2. The third-order valence-electron chi connectivity index (χ3n) is 9.70. The van der Waals surface area contributed by atoms with Crippen molar-refractivity contribution in [3.05, 3.63) is 0 Å². The van der Waals surface area contributed by atoms with Crippen molar-refractivity contribution >= 4 is 12.4 Å². The monoisotopic (exact) mass is 359 g/mol. The van der Waals surface area contributed by atoms with Crippen LogP contribution in [-0.2, 0) is 19.1 Å². The lowest BCUT2D eigenvalue weighted by atomic mass is 9.54. The molecule has 1 radical (unpaired) electrons. The SMILES string of the molecule is CC1(C)C2CCC1(C)C(O[C]=O)(C(=O)OC13CC4CC(CC(C4)C1)C3)C2. The van der Waals surface area contributed by atoms with Gasteiger partial charge in [-0.1, -0.05) is 20.8 Å². The molecule has 0 N–H and O–H groups in total. The van der Waals surface area contributed by atoms with Crippen LogP contribution in [0.5, 0.6) is 0 Å². The fourth-order valence-electron chi connectivity index (χ4n) is 8.26. The number of carbonyl (C=O) groups excluding carboxylic acids is 2. The summed E-state index contributed by atoms with van der Waals surface area (Å²) in [5.74, 6) is 2.27. The lowest BCUT2D eigenvalue weighted by Crippen LogP contribution is -2.60. The molecule has 4 heteroatoms. The molecule has 0 amide bonds. The summed E-state index contributed by atoms with van der Waals surface area (Å²) < 4.78 is 11.9. The predicted molar refractivity (Wildman–Crippen MR) is 95.7 cm³/mol. The average molecular weight is 359 g/mol. The molecule has 3 atom stereocenters. The second kappa shape index (κ2) is 5.05. The number of rotatable bonds is 4. The van der Waals surface area contributed by atoms with Gasteiger partial charge in [0.15, 0.2) is 0 Å². The van der Waals surface area contributed by atoms with Crippen LogP contribution in [0.15, 0.2) is 0 Å². The van der Waals surface area contributed by atoms with Gasteiger partial charge < -0.3 is 9.47 Å². The first-order chi connectivity index (χ1) is 12.2. The fourth-order valence-corrected chi connectivity index (χ4v) is 8.26. The Hall–Kier alpha value is -1.06. The molecule has 6 saturated carbocycles. The van der Waals surface area contributed by atoms with Crippen LogP contribution in [0.3, 0.4) is 0 Å². The molecule has 6 aliphatic rings. The molecular formula is C22H31O4. The highest BCUT2D eigenvalue weighted by atomic mass is 16.6. The molecule has 0 heterocycles. The minimum Gasteiger partial charge on any atom is -0.456 e. The van der Waals surface area contributed by atoms with Crippen LogP contribution in [0.1, 0.15) is 78.6 Å². The summed E-state index contributed by atoms with van der Waals surface area (Å²) in [6.45, 7) is 8.20. The normalized spacial score (nSPS) is 52.9. The molecule has 6 fully saturated rings. The van der Waals surface area contributed by atoms with E-state index >= 15 is 0 Å². The summed E-state index contributed by atoms with van der Waals surface area (Å²) >= 11 is 0. The van der Waals surface area contributed by atoms with E-state index in [4.69, 9.17) is 9.47 Å². The van der Waals surface area contributed by atoms with Crippen LogP contribution in [0.25, 0.3) is 0 Å². The topological polar surface area (TPSA) is 52.6 Å². The Morgan fingerprint density at radius 2 is 1.54 bits per heavy atom. The molecule has 6 aliphatic carbocycles. The zero-order valence-electron chi connectivity index (χ0n) is 16.3. The second-order valence-electron chi connectivity index (χ2n) is 11.0. The Morgan fingerprint density at radius 1 is 0.962 bits per heavy atom. The van der Waals surface area contributed by atoms with Crippen molar-refractivity contribution < 1.29 is 19.1 Å². The Balaban J connectivity index is 1.46. The third kappa shape index (κ3) is 1.91. The fraction of sp³-hybridized carbons (Fsp3) is 0.909. The highest BCUT2D eigenvalue weighted by Gasteiger charge is 2.75. The largest absolute Gasteiger partial charge is 0.456 e. The molecule has 6 rings (SSSR count).